The summed E-state index contributed by atoms with van der Waals surface area (Å²) in [5.41, 5.74) is 0. The fourth-order valence-corrected chi connectivity index (χ4v) is 3.92. The van der Waals surface area contributed by atoms with Gasteiger partial charge in [-0.25, -0.2) is 16.8 Å². The molecule has 0 bridgehead atoms. The van der Waals surface area contributed by atoms with E-state index in [9.17, 15) is 16.8 Å². The van der Waals surface area contributed by atoms with Gasteiger partial charge in [0.05, 0.1) is 16.8 Å². The van der Waals surface area contributed by atoms with Gasteiger partial charge < -0.3 is 5.32 Å². The van der Waals surface area contributed by atoms with E-state index in [1.165, 1.54) is 6.26 Å². The molecule has 0 radical (unpaired) electrons. The Balaban J connectivity index is 2.27. The van der Waals surface area contributed by atoms with E-state index < -0.39 is 19.7 Å². The first-order valence-electron chi connectivity index (χ1n) is 4.91. The Kier molecular flexibility index (Phi) is 4.13. The molecule has 0 amide bonds. The summed E-state index contributed by atoms with van der Waals surface area (Å²) in [5, 5.41) is 2.56. The molecule has 7 heteroatoms. The summed E-state index contributed by atoms with van der Waals surface area (Å²) < 4.78 is 44.4. The SMILES string of the molecule is CS(=O)(=O)CCNCC1CCCS1(=O)=O. The molecule has 0 aromatic carbocycles. The number of hydrogen-bond acceptors (Lipinski definition) is 5. The highest BCUT2D eigenvalue weighted by Crippen LogP contribution is 2.18. The molecule has 0 aliphatic carbocycles. The zero-order valence-corrected chi connectivity index (χ0v) is 10.4. The van der Waals surface area contributed by atoms with E-state index in [2.05, 4.69) is 5.32 Å². The van der Waals surface area contributed by atoms with Crippen LogP contribution in [0.3, 0.4) is 0 Å². The molecule has 0 aromatic rings. The van der Waals surface area contributed by atoms with E-state index in [1.807, 2.05) is 0 Å². The van der Waals surface area contributed by atoms with Crippen molar-refractivity contribution in [3.8, 4) is 0 Å². The zero-order chi connectivity index (χ0) is 11.5. The molecule has 1 saturated heterocycles. The predicted octanol–water partition coefficient (Wildman–Crippen LogP) is -0.802. The van der Waals surface area contributed by atoms with Crippen molar-refractivity contribution < 1.29 is 16.8 Å². The van der Waals surface area contributed by atoms with E-state index in [0.29, 0.717) is 19.5 Å². The largest absolute Gasteiger partial charge is 0.314 e. The smallest absolute Gasteiger partial charge is 0.154 e. The highest BCUT2D eigenvalue weighted by atomic mass is 32.2. The van der Waals surface area contributed by atoms with Gasteiger partial charge in [-0.1, -0.05) is 0 Å². The van der Waals surface area contributed by atoms with Crippen LogP contribution < -0.4 is 5.32 Å². The normalized spacial score (nSPS) is 25.5. The Labute approximate surface area is 91.1 Å². The lowest BCUT2D eigenvalue weighted by atomic mass is 10.2. The third-order valence-electron chi connectivity index (χ3n) is 2.48. The van der Waals surface area contributed by atoms with Gasteiger partial charge in [0.1, 0.15) is 9.84 Å². The summed E-state index contributed by atoms with van der Waals surface area (Å²) >= 11 is 0. The van der Waals surface area contributed by atoms with E-state index in [0.717, 1.165) is 6.42 Å². The van der Waals surface area contributed by atoms with Crippen LogP contribution >= 0.6 is 0 Å². The molecule has 0 saturated carbocycles. The van der Waals surface area contributed by atoms with Crippen molar-refractivity contribution in [2.45, 2.75) is 18.1 Å². The van der Waals surface area contributed by atoms with Gasteiger partial charge in [0.25, 0.3) is 0 Å². The van der Waals surface area contributed by atoms with Crippen molar-refractivity contribution in [3.63, 3.8) is 0 Å². The molecule has 1 unspecified atom stereocenters. The van der Waals surface area contributed by atoms with Crippen LogP contribution in [0.1, 0.15) is 12.8 Å². The molecule has 0 spiro atoms. The first-order valence-corrected chi connectivity index (χ1v) is 8.69. The molecule has 90 valence electrons. The third kappa shape index (κ3) is 4.48. The van der Waals surface area contributed by atoms with E-state index in [4.69, 9.17) is 0 Å². The summed E-state index contributed by atoms with van der Waals surface area (Å²) in [5.74, 6) is 0.325. The van der Waals surface area contributed by atoms with Crippen LogP contribution in [-0.2, 0) is 19.7 Å². The van der Waals surface area contributed by atoms with Gasteiger partial charge in [-0.3, -0.25) is 0 Å². The van der Waals surface area contributed by atoms with Gasteiger partial charge in [0.15, 0.2) is 9.84 Å². The van der Waals surface area contributed by atoms with Crippen molar-refractivity contribution in [2.24, 2.45) is 0 Å². The molecule has 5 nitrogen and oxygen atoms in total. The Morgan fingerprint density at radius 3 is 2.53 bits per heavy atom. The minimum absolute atomic E-state index is 0.0553. The minimum Gasteiger partial charge on any atom is -0.314 e. The molecule has 1 heterocycles. The lowest BCUT2D eigenvalue weighted by Crippen LogP contribution is -2.33. The van der Waals surface area contributed by atoms with Gasteiger partial charge in [-0.15, -0.1) is 0 Å². The molecule has 15 heavy (non-hydrogen) atoms. The van der Waals surface area contributed by atoms with Crippen molar-refractivity contribution in [1.82, 2.24) is 5.32 Å². The van der Waals surface area contributed by atoms with Crippen molar-refractivity contribution >= 4 is 19.7 Å². The second kappa shape index (κ2) is 4.80. The standard InChI is InChI=1S/C8H17NO4S2/c1-14(10,11)6-4-9-7-8-3-2-5-15(8,12)13/h8-9H,2-7H2,1H3. The van der Waals surface area contributed by atoms with E-state index in [1.54, 1.807) is 0 Å². The van der Waals surface area contributed by atoms with Crippen LogP contribution in [0.15, 0.2) is 0 Å². The number of rotatable bonds is 5. The lowest BCUT2D eigenvalue weighted by molar-refractivity contribution is 0.575. The average molecular weight is 255 g/mol. The van der Waals surface area contributed by atoms with Crippen molar-refractivity contribution in [1.29, 1.82) is 0 Å². The molecule has 1 N–H and O–H groups in total. The van der Waals surface area contributed by atoms with Crippen LogP contribution in [0.2, 0.25) is 0 Å². The maximum absolute atomic E-state index is 11.4. The summed E-state index contributed by atoms with van der Waals surface area (Å²) in [4.78, 5) is 0. The van der Waals surface area contributed by atoms with Crippen LogP contribution in [0, 0.1) is 0 Å². The van der Waals surface area contributed by atoms with Gasteiger partial charge in [0, 0.05) is 19.3 Å². The maximum Gasteiger partial charge on any atom is 0.154 e. The average Bonchev–Trinajstić information content (AvgIpc) is 2.37. The summed E-state index contributed by atoms with van der Waals surface area (Å²) in [6.45, 7) is 0.697. The molecule has 0 aromatic heterocycles. The molecular weight excluding hydrogens is 238 g/mol. The van der Waals surface area contributed by atoms with Crippen LogP contribution in [0.4, 0.5) is 0 Å². The van der Waals surface area contributed by atoms with Gasteiger partial charge >= 0.3 is 0 Å². The first-order chi connectivity index (χ1) is 6.81. The Hall–Kier alpha value is -0.140. The molecule has 1 fully saturated rings. The number of hydrogen-bond donors (Lipinski definition) is 1. The molecule has 1 rings (SSSR count). The number of sulfone groups is 2. The summed E-state index contributed by atoms with van der Waals surface area (Å²) in [6, 6.07) is 0. The van der Waals surface area contributed by atoms with Gasteiger partial charge in [-0.2, -0.15) is 0 Å². The molecule has 1 atom stereocenters. The topological polar surface area (TPSA) is 80.3 Å². The van der Waals surface area contributed by atoms with Crippen LogP contribution in [-0.4, -0.2) is 52.9 Å². The fourth-order valence-electron chi connectivity index (χ4n) is 1.61. The predicted molar refractivity (Wildman–Crippen MR) is 59.4 cm³/mol. The maximum atomic E-state index is 11.4. The highest BCUT2D eigenvalue weighted by molar-refractivity contribution is 7.92. The first kappa shape index (κ1) is 12.9. The second-order valence-corrected chi connectivity index (χ2v) is 8.63. The third-order valence-corrected chi connectivity index (χ3v) is 5.71. The van der Waals surface area contributed by atoms with E-state index in [-0.39, 0.29) is 16.8 Å². The monoisotopic (exact) mass is 255 g/mol. The highest BCUT2D eigenvalue weighted by Gasteiger charge is 2.30. The molecular formula is C8H17NO4S2. The second-order valence-electron chi connectivity index (χ2n) is 3.97. The summed E-state index contributed by atoms with van der Waals surface area (Å²) in [6.07, 6.45) is 2.58. The molecule has 1 aliphatic heterocycles. The van der Waals surface area contributed by atoms with Crippen LogP contribution in [0.25, 0.3) is 0 Å². The fraction of sp³-hybridized carbons (Fsp3) is 1.00. The van der Waals surface area contributed by atoms with Crippen LogP contribution in [0.5, 0.6) is 0 Å². The summed E-state index contributed by atoms with van der Waals surface area (Å²) in [7, 11) is -5.88. The molecule has 1 aliphatic rings. The zero-order valence-electron chi connectivity index (χ0n) is 8.77. The van der Waals surface area contributed by atoms with Gasteiger partial charge in [0.2, 0.25) is 0 Å². The Morgan fingerprint density at radius 2 is 2.07 bits per heavy atom. The quantitative estimate of drug-likeness (QED) is 0.650. The lowest BCUT2D eigenvalue weighted by Gasteiger charge is -2.09. The Morgan fingerprint density at radius 1 is 1.40 bits per heavy atom. The van der Waals surface area contributed by atoms with Gasteiger partial charge in [-0.05, 0) is 12.8 Å². The number of nitrogens with one attached hydrogen (secondary N) is 1. The van der Waals surface area contributed by atoms with Crippen molar-refractivity contribution in [2.75, 3.05) is 30.9 Å². The van der Waals surface area contributed by atoms with E-state index >= 15 is 0 Å². The minimum atomic E-state index is -2.96. The van der Waals surface area contributed by atoms with Crippen molar-refractivity contribution in [3.05, 3.63) is 0 Å². The Bertz CT molecular complexity index is 398.